The first-order chi connectivity index (χ1) is 30.9. The molecule has 350 valence electrons. The number of aryl methyl sites for hydroxylation is 4. The number of aromatic amines is 2. The number of H-pyrrole nitrogens is 2. The first-order valence-corrected chi connectivity index (χ1v) is 21.0. The standard InChI is InChI=1S/C8H5NO3.C7H6Cl2S.C7H8S.C6HF5S.C6H7NO.C6H7NS.C4H5NO3/c10-7-5-3-1-2-4-6(5)8(11)9(7)12;1-4-2-6(9)7(10)3-5(4)8;1-6-2-4-7(8)5-3-6;7-1-2(8)4(10)6(12)5(11)3(1)9;2*1-5-2-3-6(8)7-4-5;6-3-1-2-4(7)5(3)8/h1-4,12H;2-3,10H,1H3;2-5,8H,1H3;12H;2*2-4H,1H3,(H,7,8);8H,1-2H2. The Hall–Kier alpha value is -5.32. The second-order valence-electron chi connectivity index (χ2n) is 13.3. The second-order valence-corrected chi connectivity index (χ2v) is 16.0. The summed E-state index contributed by atoms with van der Waals surface area (Å²) >= 11 is 27.7. The Kier molecular flexibility index (Phi) is 23.5. The molecule has 4 amide bonds. The lowest BCUT2D eigenvalue weighted by molar-refractivity contribution is -0.171. The third-order valence-electron chi connectivity index (χ3n) is 8.13. The SMILES string of the molecule is Cc1cc(Cl)c(S)cc1Cl.Cc1ccc(=O)[nH]c1.Cc1ccc(=S)[nH]c1.Cc1ccc(S)cc1.Fc1c(F)c(F)c(S)c(F)c1F.O=C1CCC(=O)N1O.O=C1c2ccccc2C(=O)N1O. The molecule has 0 atom stereocenters. The van der Waals surface area contributed by atoms with Crippen molar-refractivity contribution in [2.75, 3.05) is 0 Å². The molecule has 8 rings (SSSR count). The van der Waals surface area contributed by atoms with Crippen LogP contribution < -0.4 is 5.56 Å². The number of fused-ring (bicyclic) bond motifs is 1. The number of imide groups is 2. The van der Waals surface area contributed by atoms with Crippen molar-refractivity contribution in [2.45, 2.75) is 55.2 Å². The van der Waals surface area contributed by atoms with E-state index < -0.39 is 57.6 Å². The first kappa shape index (κ1) is 56.8. The fourth-order valence-corrected chi connectivity index (χ4v) is 5.62. The van der Waals surface area contributed by atoms with Crippen LogP contribution in [-0.2, 0) is 9.59 Å². The lowest BCUT2D eigenvalue weighted by Gasteiger charge is -2.01. The molecule has 0 radical (unpaired) electrons. The van der Waals surface area contributed by atoms with Crippen LogP contribution in [-0.4, -0.2) is 54.1 Å². The number of thiol groups is 3. The molecule has 4 N–H and O–H groups in total. The number of nitrogens with zero attached hydrogens (tertiary/aromatic N) is 2. The van der Waals surface area contributed by atoms with Gasteiger partial charge >= 0.3 is 0 Å². The normalized spacial score (nSPS) is 12.0. The third kappa shape index (κ3) is 17.8. The summed E-state index contributed by atoms with van der Waals surface area (Å²) in [5, 5.41) is 19.0. The van der Waals surface area contributed by atoms with E-state index in [-0.39, 0.29) is 39.7 Å². The molecule has 1 saturated heterocycles. The molecule has 0 bridgehead atoms. The predicted molar refractivity (Wildman–Crippen MR) is 250 cm³/mol. The number of nitrogens with one attached hydrogen (secondary N) is 2. The molecule has 0 unspecified atom stereocenters. The van der Waals surface area contributed by atoms with Gasteiger partial charge in [-0.1, -0.05) is 77.4 Å². The zero-order valence-corrected chi connectivity index (χ0v) is 39.9. The number of amides is 4. The van der Waals surface area contributed by atoms with Crippen molar-refractivity contribution in [2.24, 2.45) is 0 Å². The van der Waals surface area contributed by atoms with Crippen LogP contribution >= 0.6 is 73.3 Å². The van der Waals surface area contributed by atoms with Gasteiger partial charge in [0.15, 0.2) is 23.3 Å². The van der Waals surface area contributed by atoms with Crippen molar-refractivity contribution >= 4 is 96.9 Å². The fourth-order valence-electron chi connectivity index (χ4n) is 4.49. The minimum absolute atomic E-state index is 0.0457. The number of carbonyl (C=O) groups is 4. The summed E-state index contributed by atoms with van der Waals surface area (Å²) in [4.78, 5) is 59.0. The Labute approximate surface area is 406 Å². The van der Waals surface area contributed by atoms with Gasteiger partial charge in [0.25, 0.3) is 23.6 Å². The highest BCUT2D eigenvalue weighted by Gasteiger charge is 2.34. The van der Waals surface area contributed by atoms with Gasteiger partial charge < -0.3 is 9.97 Å². The Morgan fingerprint density at radius 2 is 1.02 bits per heavy atom. The van der Waals surface area contributed by atoms with Gasteiger partial charge in [0, 0.05) is 46.1 Å². The van der Waals surface area contributed by atoms with Gasteiger partial charge in [-0.2, -0.15) is 5.06 Å². The number of hydrogen-bond acceptors (Lipinski definition) is 11. The average Bonchev–Trinajstić information content (AvgIpc) is 3.71. The molecule has 1 fully saturated rings. The van der Waals surface area contributed by atoms with Crippen molar-refractivity contribution in [1.82, 2.24) is 20.1 Å². The maximum Gasteiger partial charge on any atom is 0.285 e. The van der Waals surface area contributed by atoms with Gasteiger partial charge in [-0.25, -0.2) is 22.0 Å². The van der Waals surface area contributed by atoms with Crippen molar-refractivity contribution in [3.05, 3.63) is 185 Å². The van der Waals surface area contributed by atoms with Crippen molar-refractivity contribution < 1.29 is 51.5 Å². The number of hydroxylamine groups is 4. The van der Waals surface area contributed by atoms with Gasteiger partial charge in [0.2, 0.25) is 11.4 Å². The monoisotopic (exact) mass is 1030 g/mol. The number of carbonyl (C=O) groups excluding carboxylic acids is 4. The van der Waals surface area contributed by atoms with E-state index in [0.717, 1.165) is 25.6 Å². The molecule has 66 heavy (non-hydrogen) atoms. The highest BCUT2D eigenvalue weighted by Crippen LogP contribution is 2.27. The van der Waals surface area contributed by atoms with Gasteiger partial charge in [0.1, 0.15) is 4.64 Å². The van der Waals surface area contributed by atoms with Crippen LogP contribution in [0.5, 0.6) is 0 Å². The summed E-state index contributed by atoms with van der Waals surface area (Å²) in [6.07, 6.45) is 3.87. The molecule has 0 spiro atoms. The maximum atomic E-state index is 12.3. The first-order valence-electron chi connectivity index (χ1n) is 18.5. The minimum Gasteiger partial charge on any atom is -0.353 e. The number of aromatic nitrogens is 2. The van der Waals surface area contributed by atoms with Crippen molar-refractivity contribution in [3.8, 4) is 0 Å². The second kappa shape index (κ2) is 27.4. The zero-order valence-electron chi connectivity index (χ0n) is 34.9. The molecule has 11 nitrogen and oxygen atoms in total. The summed E-state index contributed by atoms with van der Waals surface area (Å²) in [6, 6.07) is 25.0. The molecule has 6 aromatic rings. The third-order valence-corrected chi connectivity index (χ3v) is 10.3. The van der Waals surface area contributed by atoms with E-state index >= 15 is 0 Å². The van der Waals surface area contributed by atoms with Crippen LogP contribution in [0, 0.1) is 61.4 Å². The van der Waals surface area contributed by atoms with Gasteiger partial charge in [-0.3, -0.25) is 34.4 Å². The number of benzene rings is 4. The quantitative estimate of drug-likeness (QED) is 0.0150. The summed E-state index contributed by atoms with van der Waals surface area (Å²) in [5.74, 6) is -12.3. The van der Waals surface area contributed by atoms with Crippen molar-refractivity contribution in [3.63, 3.8) is 0 Å². The topological polar surface area (TPSA) is 164 Å². The molecular weight excluding hydrogens is 991 g/mol. The highest BCUT2D eigenvalue weighted by atomic mass is 35.5. The summed E-state index contributed by atoms with van der Waals surface area (Å²) in [5.41, 5.74) is 5.00. The van der Waals surface area contributed by atoms with Crippen LogP contribution in [0.2, 0.25) is 10.0 Å². The smallest absolute Gasteiger partial charge is 0.285 e. The van der Waals surface area contributed by atoms with Crippen LogP contribution in [0.3, 0.4) is 0 Å². The van der Waals surface area contributed by atoms with Gasteiger partial charge in [0.05, 0.1) is 21.0 Å². The summed E-state index contributed by atoms with van der Waals surface area (Å²) in [7, 11) is 0. The largest absolute Gasteiger partial charge is 0.353 e. The van der Waals surface area contributed by atoms with E-state index in [0.29, 0.717) is 10.0 Å². The number of rotatable bonds is 0. The van der Waals surface area contributed by atoms with Crippen LogP contribution in [0.1, 0.15) is 55.8 Å². The molecule has 2 aliphatic heterocycles. The summed E-state index contributed by atoms with van der Waals surface area (Å²) < 4.78 is 62.1. The van der Waals surface area contributed by atoms with Gasteiger partial charge in [-0.15, -0.1) is 42.9 Å². The Balaban J connectivity index is 0.000000266. The lowest BCUT2D eigenvalue weighted by Crippen LogP contribution is -2.25. The van der Waals surface area contributed by atoms with E-state index in [9.17, 15) is 45.9 Å². The Morgan fingerprint density at radius 3 is 1.36 bits per heavy atom. The van der Waals surface area contributed by atoms with E-state index in [1.807, 2.05) is 63.4 Å². The molecule has 22 heteroatoms. The minimum atomic E-state index is -2.18. The van der Waals surface area contributed by atoms with Crippen LogP contribution in [0.25, 0.3) is 0 Å². The Morgan fingerprint density at radius 1 is 0.576 bits per heavy atom. The van der Waals surface area contributed by atoms with E-state index in [1.54, 1.807) is 36.5 Å². The van der Waals surface area contributed by atoms with E-state index in [4.69, 9.17) is 45.8 Å². The average molecular weight is 1030 g/mol. The molecule has 2 aromatic heterocycles. The molecular formula is C44H39Cl2F5N4O7S4. The van der Waals surface area contributed by atoms with E-state index in [2.05, 4.69) is 54.8 Å². The molecule has 0 aliphatic carbocycles. The summed E-state index contributed by atoms with van der Waals surface area (Å²) in [6.45, 7) is 7.91. The van der Waals surface area contributed by atoms with Crippen molar-refractivity contribution in [1.29, 1.82) is 0 Å². The predicted octanol–water partition coefficient (Wildman–Crippen LogP) is 11.5. The molecule has 4 aromatic carbocycles. The number of halogens is 7. The number of hydrogen-bond donors (Lipinski definition) is 7. The lowest BCUT2D eigenvalue weighted by atomic mass is 10.1. The molecule has 0 saturated carbocycles. The number of pyridine rings is 2. The molecule has 4 heterocycles. The maximum absolute atomic E-state index is 12.3. The molecule has 2 aliphatic rings. The fraction of sp³-hybridized carbons (Fsp3) is 0.136. The zero-order chi connectivity index (χ0) is 50.0. The highest BCUT2D eigenvalue weighted by molar-refractivity contribution is 7.80. The van der Waals surface area contributed by atoms with Crippen LogP contribution in [0.15, 0.2) is 117 Å². The van der Waals surface area contributed by atoms with E-state index in [1.165, 1.54) is 29.3 Å². The van der Waals surface area contributed by atoms with Crippen LogP contribution in [0.4, 0.5) is 22.0 Å². The Bertz CT molecular complexity index is 2480. The van der Waals surface area contributed by atoms with Gasteiger partial charge in [-0.05, 0) is 86.8 Å².